The van der Waals surface area contributed by atoms with E-state index in [1.54, 1.807) is 0 Å². The molecule has 0 bridgehead atoms. The van der Waals surface area contributed by atoms with Gasteiger partial charge in [0.2, 0.25) is 5.91 Å². The standard InChI is InChI=1S/C19H21NO2/c21-13-17-9-5-4-8-16(17)12-20-19(22)18(15-10-11-15)14-6-2-1-3-7-14/h1-9,15,18,21H,10-13H2,(H,20,22). The Morgan fingerprint density at radius 2 is 1.68 bits per heavy atom. The van der Waals surface area contributed by atoms with E-state index < -0.39 is 0 Å². The molecule has 3 heteroatoms. The molecule has 3 rings (SSSR count). The third-order valence-corrected chi connectivity index (χ3v) is 4.28. The fourth-order valence-electron chi connectivity index (χ4n) is 2.90. The molecule has 3 nitrogen and oxygen atoms in total. The van der Waals surface area contributed by atoms with E-state index in [-0.39, 0.29) is 18.4 Å². The number of nitrogens with one attached hydrogen (secondary N) is 1. The first kappa shape index (κ1) is 14.8. The normalized spacial score (nSPS) is 15.3. The third kappa shape index (κ3) is 3.37. The Bertz CT molecular complexity index is 635. The minimum absolute atomic E-state index is 0.00319. The van der Waals surface area contributed by atoms with Crippen molar-refractivity contribution < 1.29 is 9.90 Å². The molecule has 0 saturated heterocycles. The Balaban J connectivity index is 1.70. The van der Waals surface area contributed by atoms with Gasteiger partial charge in [-0.2, -0.15) is 0 Å². The first-order valence-corrected chi connectivity index (χ1v) is 7.80. The van der Waals surface area contributed by atoms with Crippen LogP contribution in [0.25, 0.3) is 0 Å². The van der Waals surface area contributed by atoms with Gasteiger partial charge < -0.3 is 10.4 Å². The van der Waals surface area contributed by atoms with Crippen molar-refractivity contribution in [1.82, 2.24) is 5.32 Å². The summed E-state index contributed by atoms with van der Waals surface area (Å²) >= 11 is 0. The minimum Gasteiger partial charge on any atom is -0.392 e. The SMILES string of the molecule is O=C(NCc1ccccc1CO)C(c1ccccc1)C1CC1. The lowest BCUT2D eigenvalue weighted by Gasteiger charge is -2.17. The predicted octanol–water partition coefficient (Wildman–Crippen LogP) is 2.99. The molecular formula is C19H21NO2. The molecule has 1 saturated carbocycles. The van der Waals surface area contributed by atoms with E-state index in [0.29, 0.717) is 12.5 Å². The lowest BCUT2D eigenvalue weighted by molar-refractivity contribution is -0.123. The summed E-state index contributed by atoms with van der Waals surface area (Å²) in [5, 5.41) is 12.4. The lowest BCUT2D eigenvalue weighted by Crippen LogP contribution is -2.30. The first-order chi connectivity index (χ1) is 10.8. The Morgan fingerprint density at radius 1 is 1.05 bits per heavy atom. The molecule has 0 aliphatic heterocycles. The topological polar surface area (TPSA) is 49.3 Å². The van der Waals surface area contributed by atoms with Crippen LogP contribution in [0, 0.1) is 5.92 Å². The Hall–Kier alpha value is -2.13. The Morgan fingerprint density at radius 3 is 2.32 bits per heavy atom. The van der Waals surface area contributed by atoms with Crippen LogP contribution in [0.3, 0.4) is 0 Å². The maximum atomic E-state index is 12.6. The van der Waals surface area contributed by atoms with Gasteiger partial charge in [0.05, 0.1) is 12.5 Å². The molecule has 2 N–H and O–H groups in total. The molecule has 2 aromatic rings. The Kier molecular flexibility index (Phi) is 4.54. The number of hydrogen-bond donors (Lipinski definition) is 2. The monoisotopic (exact) mass is 295 g/mol. The van der Waals surface area contributed by atoms with E-state index in [4.69, 9.17) is 0 Å². The van der Waals surface area contributed by atoms with Gasteiger partial charge in [0.15, 0.2) is 0 Å². The zero-order chi connectivity index (χ0) is 15.4. The molecule has 2 aromatic carbocycles. The average Bonchev–Trinajstić information content (AvgIpc) is 3.39. The summed E-state index contributed by atoms with van der Waals surface area (Å²) in [5.74, 6) is 0.499. The molecule has 0 heterocycles. The van der Waals surface area contributed by atoms with Crippen LogP contribution in [-0.2, 0) is 17.9 Å². The zero-order valence-electron chi connectivity index (χ0n) is 12.5. The van der Waals surface area contributed by atoms with Crippen molar-refractivity contribution in [3.8, 4) is 0 Å². The molecule has 1 fully saturated rings. The summed E-state index contributed by atoms with van der Waals surface area (Å²) in [6.07, 6.45) is 2.25. The van der Waals surface area contributed by atoms with E-state index in [1.165, 1.54) is 0 Å². The summed E-state index contributed by atoms with van der Waals surface area (Å²) in [6.45, 7) is 0.461. The van der Waals surface area contributed by atoms with Crippen molar-refractivity contribution in [2.45, 2.75) is 31.9 Å². The number of aliphatic hydroxyl groups excluding tert-OH is 1. The lowest BCUT2D eigenvalue weighted by atomic mass is 9.93. The second-order valence-electron chi connectivity index (χ2n) is 5.87. The van der Waals surface area contributed by atoms with Crippen molar-refractivity contribution in [2.24, 2.45) is 5.92 Å². The van der Waals surface area contributed by atoms with Gasteiger partial charge >= 0.3 is 0 Å². The van der Waals surface area contributed by atoms with Gasteiger partial charge in [0, 0.05) is 6.54 Å². The molecule has 0 spiro atoms. The van der Waals surface area contributed by atoms with E-state index in [1.807, 2.05) is 54.6 Å². The predicted molar refractivity (Wildman–Crippen MR) is 86.1 cm³/mol. The second kappa shape index (κ2) is 6.75. The van der Waals surface area contributed by atoms with Crippen molar-refractivity contribution in [3.05, 3.63) is 71.3 Å². The highest BCUT2D eigenvalue weighted by molar-refractivity contribution is 5.84. The molecule has 1 amide bonds. The molecule has 114 valence electrons. The number of carbonyl (C=O) groups excluding carboxylic acids is 1. The summed E-state index contributed by atoms with van der Waals surface area (Å²) < 4.78 is 0. The number of aliphatic hydroxyl groups is 1. The van der Waals surface area contributed by atoms with Gasteiger partial charge in [0.25, 0.3) is 0 Å². The number of amides is 1. The molecule has 22 heavy (non-hydrogen) atoms. The number of rotatable bonds is 6. The van der Waals surface area contributed by atoms with Gasteiger partial charge in [0.1, 0.15) is 0 Å². The van der Waals surface area contributed by atoms with Crippen molar-refractivity contribution in [2.75, 3.05) is 0 Å². The Labute approximate surface area is 131 Å². The van der Waals surface area contributed by atoms with Gasteiger partial charge in [-0.05, 0) is 35.4 Å². The van der Waals surface area contributed by atoms with Crippen LogP contribution >= 0.6 is 0 Å². The number of hydrogen-bond acceptors (Lipinski definition) is 2. The summed E-state index contributed by atoms with van der Waals surface area (Å²) in [5.41, 5.74) is 2.93. The largest absolute Gasteiger partial charge is 0.392 e. The molecule has 0 radical (unpaired) electrons. The van der Waals surface area contributed by atoms with Crippen LogP contribution in [0.4, 0.5) is 0 Å². The van der Waals surface area contributed by atoms with E-state index in [2.05, 4.69) is 5.32 Å². The minimum atomic E-state index is -0.0533. The molecule has 1 atom stereocenters. The summed E-state index contributed by atoms with van der Waals surface area (Å²) in [4.78, 5) is 12.6. The zero-order valence-corrected chi connectivity index (χ0v) is 12.5. The third-order valence-electron chi connectivity index (χ3n) is 4.28. The van der Waals surface area contributed by atoms with Gasteiger partial charge in [-0.25, -0.2) is 0 Å². The molecule has 1 aliphatic rings. The molecule has 0 aromatic heterocycles. The van der Waals surface area contributed by atoms with Crippen molar-refractivity contribution in [1.29, 1.82) is 0 Å². The highest BCUT2D eigenvalue weighted by Gasteiger charge is 2.36. The van der Waals surface area contributed by atoms with Crippen molar-refractivity contribution >= 4 is 5.91 Å². The van der Waals surface area contributed by atoms with Gasteiger partial charge in [-0.3, -0.25) is 4.79 Å². The maximum absolute atomic E-state index is 12.6. The van der Waals surface area contributed by atoms with Crippen LogP contribution < -0.4 is 5.32 Å². The highest BCUT2D eigenvalue weighted by atomic mass is 16.3. The fraction of sp³-hybridized carbons (Fsp3) is 0.316. The molecular weight excluding hydrogens is 274 g/mol. The van der Waals surface area contributed by atoms with Crippen LogP contribution in [-0.4, -0.2) is 11.0 Å². The average molecular weight is 295 g/mol. The summed E-state index contributed by atoms with van der Waals surface area (Å²) in [6, 6.07) is 17.7. The van der Waals surface area contributed by atoms with Gasteiger partial charge in [-0.1, -0.05) is 54.6 Å². The number of carbonyl (C=O) groups is 1. The van der Waals surface area contributed by atoms with Crippen molar-refractivity contribution in [3.63, 3.8) is 0 Å². The van der Waals surface area contributed by atoms with Crippen LogP contribution in [0.5, 0.6) is 0 Å². The first-order valence-electron chi connectivity index (χ1n) is 7.80. The fourth-order valence-corrected chi connectivity index (χ4v) is 2.90. The van der Waals surface area contributed by atoms with E-state index in [0.717, 1.165) is 29.5 Å². The number of benzene rings is 2. The van der Waals surface area contributed by atoms with Gasteiger partial charge in [-0.15, -0.1) is 0 Å². The molecule has 1 aliphatic carbocycles. The molecule has 1 unspecified atom stereocenters. The smallest absolute Gasteiger partial charge is 0.228 e. The van der Waals surface area contributed by atoms with E-state index in [9.17, 15) is 9.90 Å². The summed E-state index contributed by atoms with van der Waals surface area (Å²) in [7, 11) is 0. The quantitative estimate of drug-likeness (QED) is 0.860. The van der Waals surface area contributed by atoms with Crippen LogP contribution in [0.2, 0.25) is 0 Å². The highest BCUT2D eigenvalue weighted by Crippen LogP contribution is 2.42. The van der Waals surface area contributed by atoms with E-state index >= 15 is 0 Å². The second-order valence-corrected chi connectivity index (χ2v) is 5.87. The maximum Gasteiger partial charge on any atom is 0.228 e. The van der Waals surface area contributed by atoms with Crippen LogP contribution in [0.15, 0.2) is 54.6 Å². The van der Waals surface area contributed by atoms with Crippen LogP contribution in [0.1, 0.15) is 35.4 Å².